The average molecular weight is 275 g/mol. The number of nitrogens with zero attached hydrogens (tertiary/aromatic N) is 1. The first kappa shape index (κ1) is 14.9. The van der Waals surface area contributed by atoms with Crippen LogP contribution in [0.25, 0.3) is 10.9 Å². The van der Waals surface area contributed by atoms with Crippen molar-refractivity contribution in [2.24, 2.45) is 12.8 Å². The smallest absolute Gasteiger partial charge is 0.119 e. The van der Waals surface area contributed by atoms with E-state index in [9.17, 15) is 0 Å². The van der Waals surface area contributed by atoms with Gasteiger partial charge in [-0.15, -0.1) is 0 Å². The molecule has 110 valence electrons. The standard InChI is InChI=1S/C16H25N3O/c1-11(17)9-18-12(2)7-13-10-19(3)16-6-5-14(20-4)8-15(13)16/h5-6,8,10-12,18H,7,9,17H2,1-4H3. The second kappa shape index (κ2) is 6.29. The van der Waals surface area contributed by atoms with Gasteiger partial charge >= 0.3 is 0 Å². The van der Waals surface area contributed by atoms with Gasteiger partial charge in [0, 0.05) is 42.8 Å². The third-order valence-corrected chi connectivity index (χ3v) is 3.59. The van der Waals surface area contributed by atoms with Gasteiger partial charge in [0.1, 0.15) is 5.75 Å². The van der Waals surface area contributed by atoms with Crippen molar-refractivity contribution in [2.45, 2.75) is 32.4 Å². The Labute approximate surface area is 120 Å². The second-order valence-electron chi connectivity index (χ2n) is 5.64. The quantitative estimate of drug-likeness (QED) is 0.848. The number of rotatable bonds is 6. The van der Waals surface area contributed by atoms with Gasteiger partial charge in [-0.05, 0) is 44.0 Å². The van der Waals surface area contributed by atoms with Crippen LogP contribution in [-0.4, -0.2) is 30.3 Å². The fourth-order valence-electron chi connectivity index (χ4n) is 2.53. The summed E-state index contributed by atoms with van der Waals surface area (Å²) in [6.45, 7) is 5.05. The molecule has 1 aromatic carbocycles. The Morgan fingerprint density at radius 2 is 2.10 bits per heavy atom. The van der Waals surface area contributed by atoms with Gasteiger partial charge in [-0.2, -0.15) is 0 Å². The minimum atomic E-state index is 0.185. The van der Waals surface area contributed by atoms with Gasteiger partial charge in [0.15, 0.2) is 0 Å². The molecule has 2 atom stereocenters. The maximum absolute atomic E-state index is 5.78. The summed E-state index contributed by atoms with van der Waals surface area (Å²) in [4.78, 5) is 0. The maximum atomic E-state index is 5.78. The molecule has 4 heteroatoms. The van der Waals surface area contributed by atoms with Crippen molar-refractivity contribution in [2.75, 3.05) is 13.7 Å². The monoisotopic (exact) mass is 275 g/mol. The Kier molecular flexibility index (Phi) is 4.68. The van der Waals surface area contributed by atoms with Crippen molar-refractivity contribution in [1.29, 1.82) is 0 Å². The van der Waals surface area contributed by atoms with E-state index in [1.54, 1.807) is 7.11 Å². The number of hydrogen-bond acceptors (Lipinski definition) is 3. The fraction of sp³-hybridized carbons (Fsp3) is 0.500. The number of nitrogens with two attached hydrogens (primary N) is 1. The highest BCUT2D eigenvalue weighted by Gasteiger charge is 2.11. The molecule has 2 rings (SSSR count). The average Bonchev–Trinajstić information content (AvgIpc) is 2.72. The van der Waals surface area contributed by atoms with Crippen molar-refractivity contribution in [3.63, 3.8) is 0 Å². The molecule has 20 heavy (non-hydrogen) atoms. The van der Waals surface area contributed by atoms with Crippen LogP contribution in [0.5, 0.6) is 5.75 Å². The highest BCUT2D eigenvalue weighted by Crippen LogP contribution is 2.26. The Morgan fingerprint density at radius 3 is 2.75 bits per heavy atom. The second-order valence-corrected chi connectivity index (χ2v) is 5.64. The van der Waals surface area contributed by atoms with E-state index >= 15 is 0 Å². The van der Waals surface area contributed by atoms with Crippen LogP contribution in [-0.2, 0) is 13.5 Å². The summed E-state index contributed by atoms with van der Waals surface area (Å²) < 4.78 is 7.50. The third kappa shape index (κ3) is 3.32. The minimum Gasteiger partial charge on any atom is -0.497 e. The van der Waals surface area contributed by atoms with Crippen molar-refractivity contribution < 1.29 is 4.74 Å². The van der Waals surface area contributed by atoms with E-state index in [0.29, 0.717) is 6.04 Å². The molecular weight excluding hydrogens is 250 g/mol. The lowest BCUT2D eigenvalue weighted by molar-refractivity contribution is 0.415. The molecule has 1 aromatic heterocycles. The molecular formula is C16H25N3O. The molecule has 0 bridgehead atoms. The van der Waals surface area contributed by atoms with Crippen LogP contribution >= 0.6 is 0 Å². The number of ether oxygens (including phenoxy) is 1. The van der Waals surface area contributed by atoms with Gasteiger partial charge in [0.2, 0.25) is 0 Å². The normalized spacial score (nSPS) is 14.4. The third-order valence-electron chi connectivity index (χ3n) is 3.59. The SMILES string of the molecule is COc1ccc2c(c1)c(CC(C)NCC(C)N)cn2C. The molecule has 0 amide bonds. The summed E-state index contributed by atoms with van der Waals surface area (Å²) in [6.07, 6.45) is 3.19. The van der Waals surface area contributed by atoms with Gasteiger partial charge in [0.05, 0.1) is 7.11 Å². The summed E-state index contributed by atoms with van der Waals surface area (Å²) in [7, 11) is 3.79. The Hall–Kier alpha value is -1.52. The molecule has 0 spiro atoms. The number of aromatic nitrogens is 1. The first-order chi connectivity index (χ1) is 9.51. The number of aryl methyl sites for hydroxylation is 1. The van der Waals surface area contributed by atoms with Crippen molar-refractivity contribution in [1.82, 2.24) is 9.88 Å². The number of hydrogen-bond donors (Lipinski definition) is 2. The molecule has 0 aliphatic carbocycles. The molecule has 3 N–H and O–H groups in total. The Morgan fingerprint density at radius 1 is 1.35 bits per heavy atom. The van der Waals surface area contributed by atoms with Crippen molar-refractivity contribution >= 4 is 10.9 Å². The lowest BCUT2D eigenvalue weighted by Crippen LogP contribution is -2.37. The van der Waals surface area contributed by atoms with Gasteiger partial charge in [0.25, 0.3) is 0 Å². The van der Waals surface area contributed by atoms with E-state index in [-0.39, 0.29) is 6.04 Å². The number of methoxy groups -OCH3 is 1. The van der Waals surface area contributed by atoms with Crippen LogP contribution in [0.3, 0.4) is 0 Å². The van der Waals surface area contributed by atoms with Crippen LogP contribution < -0.4 is 15.8 Å². The topological polar surface area (TPSA) is 52.2 Å². The highest BCUT2D eigenvalue weighted by atomic mass is 16.5. The Balaban J connectivity index is 2.20. The molecule has 0 aliphatic rings. The molecule has 0 saturated carbocycles. The zero-order valence-corrected chi connectivity index (χ0v) is 12.8. The zero-order valence-electron chi connectivity index (χ0n) is 12.8. The van der Waals surface area contributed by atoms with Crippen LogP contribution in [0.15, 0.2) is 24.4 Å². The van der Waals surface area contributed by atoms with E-state index < -0.39 is 0 Å². The van der Waals surface area contributed by atoms with Gasteiger partial charge in [-0.3, -0.25) is 0 Å². The number of fused-ring (bicyclic) bond motifs is 1. The minimum absolute atomic E-state index is 0.185. The summed E-state index contributed by atoms with van der Waals surface area (Å²) in [5, 5.41) is 4.73. The lowest BCUT2D eigenvalue weighted by atomic mass is 10.1. The molecule has 0 fully saturated rings. The van der Waals surface area contributed by atoms with Crippen LogP contribution in [0.4, 0.5) is 0 Å². The van der Waals surface area contributed by atoms with E-state index in [2.05, 4.69) is 42.2 Å². The number of benzene rings is 1. The highest BCUT2D eigenvalue weighted by molar-refractivity contribution is 5.85. The largest absolute Gasteiger partial charge is 0.497 e. The molecule has 0 radical (unpaired) electrons. The number of nitrogens with one attached hydrogen (secondary N) is 1. The lowest BCUT2D eigenvalue weighted by Gasteiger charge is -2.15. The van der Waals surface area contributed by atoms with E-state index in [1.165, 1.54) is 16.5 Å². The van der Waals surface area contributed by atoms with Gasteiger partial charge in [-0.25, -0.2) is 0 Å². The summed E-state index contributed by atoms with van der Waals surface area (Å²) in [6, 6.07) is 6.81. The molecule has 1 heterocycles. The zero-order chi connectivity index (χ0) is 14.7. The molecule has 2 aromatic rings. The van der Waals surface area contributed by atoms with Crippen molar-refractivity contribution in [3.05, 3.63) is 30.0 Å². The predicted molar refractivity (Wildman–Crippen MR) is 84.3 cm³/mol. The Bertz CT molecular complexity index is 574. The molecule has 2 unspecified atom stereocenters. The van der Waals surface area contributed by atoms with Gasteiger partial charge < -0.3 is 20.4 Å². The molecule has 0 saturated heterocycles. The first-order valence-electron chi connectivity index (χ1n) is 7.12. The van der Waals surface area contributed by atoms with Crippen LogP contribution in [0.2, 0.25) is 0 Å². The van der Waals surface area contributed by atoms with E-state index in [1.807, 2.05) is 13.0 Å². The summed E-state index contributed by atoms with van der Waals surface area (Å²) >= 11 is 0. The summed E-state index contributed by atoms with van der Waals surface area (Å²) in [5.74, 6) is 0.904. The van der Waals surface area contributed by atoms with Gasteiger partial charge in [-0.1, -0.05) is 0 Å². The maximum Gasteiger partial charge on any atom is 0.119 e. The van der Waals surface area contributed by atoms with E-state index in [4.69, 9.17) is 10.5 Å². The molecule has 0 aliphatic heterocycles. The predicted octanol–water partition coefficient (Wildman–Crippen LogP) is 2.05. The molecule has 4 nitrogen and oxygen atoms in total. The van der Waals surface area contributed by atoms with Crippen molar-refractivity contribution in [3.8, 4) is 5.75 Å². The van der Waals surface area contributed by atoms with Crippen LogP contribution in [0.1, 0.15) is 19.4 Å². The fourth-order valence-corrected chi connectivity index (χ4v) is 2.53. The first-order valence-corrected chi connectivity index (χ1v) is 7.12. The van der Waals surface area contributed by atoms with E-state index in [0.717, 1.165) is 18.7 Å². The van der Waals surface area contributed by atoms with Crippen LogP contribution in [0, 0.1) is 0 Å². The summed E-state index contributed by atoms with van der Waals surface area (Å²) in [5.41, 5.74) is 8.36.